The van der Waals surface area contributed by atoms with Gasteiger partial charge in [0.15, 0.2) is 0 Å². The van der Waals surface area contributed by atoms with Crippen molar-refractivity contribution in [2.45, 2.75) is 19.9 Å². The van der Waals surface area contributed by atoms with Crippen LogP contribution in [0, 0.1) is 6.92 Å². The highest BCUT2D eigenvalue weighted by molar-refractivity contribution is 5.43. The third-order valence-electron chi connectivity index (χ3n) is 3.98. The first-order valence-corrected chi connectivity index (χ1v) is 7.76. The quantitative estimate of drug-likeness (QED) is 0.879. The standard InChI is InChI=1S/C15H23N7/c1-13-12-14(19-15(16)18-13)21-10-8-20(9-11-21)5-3-7-22-6-2-4-17-22/h2,4,6,12H,3,5,7-11H2,1H3,(H2,16,18,19). The van der Waals surface area contributed by atoms with Crippen LogP contribution in [0.15, 0.2) is 24.5 Å². The fourth-order valence-electron chi connectivity index (χ4n) is 2.83. The van der Waals surface area contributed by atoms with Crippen LogP contribution >= 0.6 is 0 Å². The molecule has 1 fully saturated rings. The van der Waals surface area contributed by atoms with Crippen LogP contribution in [0.25, 0.3) is 0 Å². The van der Waals surface area contributed by atoms with Gasteiger partial charge in [0.2, 0.25) is 5.95 Å². The predicted octanol–water partition coefficient (Wildman–Crippen LogP) is 0.776. The van der Waals surface area contributed by atoms with E-state index in [9.17, 15) is 0 Å². The summed E-state index contributed by atoms with van der Waals surface area (Å²) in [5.41, 5.74) is 6.66. The Kier molecular flexibility index (Phi) is 4.53. The van der Waals surface area contributed by atoms with Crippen LogP contribution in [0.1, 0.15) is 12.1 Å². The summed E-state index contributed by atoms with van der Waals surface area (Å²) in [6.07, 6.45) is 4.97. The van der Waals surface area contributed by atoms with Crippen LogP contribution in [0.4, 0.5) is 11.8 Å². The van der Waals surface area contributed by atoms with Crippen LogP contribution in [0.5, 0.6) is 0 Å². The Hall–Kier alpha value is -2.15. The molecule has 0 atom stereocenters. The molecule has 7 heteroatoms. The lowest BCUT2D eigenvalue weighted by Crippen LogP contribution is -2.47. The zero-order chi connectivity index (χ0) is 15.4. The number of rotatable bonds is 5. The lowest BCUT2D eigenvalue weighted by molar-refractivity contribution is 0.248. The SMILES string of the molecule is Cc1cc(N2CCN(CCCn3cccn3)CC2)nc(N)n1. The summed E-state index contributed by atoms with van der Waals surface area (Å²) in [4.78, 5) is 13.3. The maximum absolute atomic E-state index is 5.74. The molecule has 2 N–H and O–H groups in total. The van der Waals surface area contributed by atoms with Crippen LogP contribution < -0.4 is 10.6 Å². The highest BCUT2D eigenvalue weighted by Crippen LogP contribution is 2.15. The summed E-state index contributed by atoms with van der Waals surface area (Å²) < 4.78 is 1.99. The maximum Gasteiger partial charge on any atom is 0.222 e. The van der Waals surface area contributed by atoms with Crippen LogP contribution in [0.3, 0.4) is 0 Å². The van der Waals surface area contributed by atoms with Crippen LogP contribution in [-0.2, 0) is 6.54 Å². The summed E-state index contributed by atoms with van der Waals surface area (Å²) >= 11 is 0. The Morgan fingerprint density at radius 3 is 2.64 bits per heavy atom. The second kappa shape index (κ2) is 6.74. The molecule has 0 spiro atoms. The van der Waals surface area contributed by atoms with Gasteiger partial charge in [-0.15, -0.1) is 0 Å². The van der Waals surface area contributed by atoms with Gasteiger partial charge in [0.25, 0.3) is 0 Å². The number of aromatic nitrogens is 4. The second-order valence-electron chi connectivity index (χ2n) is 5.68. The Morgan fingerprint density at radius 1 is 1.14 bits per heavy atom. The second-order valence-corrected chi connectivity index (χ2v) is 5.68. The molecule has 2 aromatic rings. The van der Waals surface area contributed by atoms with Crippen molar-refractivity contribution in [3.63, 3.8) is 0 Å². The largest absolute Gasteiger partial charge is 0.368 e. The van der Waals surface area contributed by atoms with Crippen LogP contribution in [0.2, 0.25) is 0 Å². The minimum atomic E-state index is 0.358. The zero-order valence-electron chi connectivity index (χ0n) is 13.0. The number of nitrogens with zero attached hydrogens (tertiary/aromatic N) is 6. The summed E-state index contributed by atoms with van der Waals surface area (Å²) in [6.45, 7) is 8.13. The van der Waals surface area contributed by atoms with Crippen molar-refractivity contribution in [2.75, 3.05) is 43.4 Å². The minimum Gasteiger partial charge on any atom is -0.368 e. The summed E-state index contributed by atoms with van der Waals surface area (Å²) in [5, 5.41) is 4.23. The minimum absolute atomic E-state index is 0.358. The Morgan fingerprint density at radius 2 is 1.95 bits per heavy atom. The van der Waals surface area contributed by atoms with E-state index in [0.29, 0.717) is 5.95 Å². The molecule has 0 unspecified atom stereocenters. The number of nitrogens with two attached hydrogens (primary N) is 1. The highest BCUT2D eigenvalue weighted by atomic mass is 15.3. The monoisotopic (exact) mass is 301 g/mol. The van der Waals surface area contributed by atoms with Crippen molar-refractivity contribution in [3.05, 3.63) is 30.2 Å². The molecular formula is C15H23N7. The van der Waals surface area contributed by atoms with Crippen molar-refractivity contribution < 1.29 is 0 Å². The molecule has 118 valence electrons. The van der Waals surface area contributed by atoms with Gasteiger partial charge in [-0.05, 0) is 19.4 Å². The number of hydrogen-bond donors (Lipinski definition) is 1. The maximum atomic E-state index is 5.74. The lowest BCUT2D eigenvalue weighted by atomic mass is 10.2. The molecule has 1 aliphatic rings. The van der Waals surface area contributed by atoms with Gasteiger partial charge in [0.1, 0.15) is 5.82 Å². The Balaban J connectivity index is 1.45. The molecule has 0 aliphatic carbocycles. The number of anilines is 2. The predicted molar refractivity (Wildman–Crippen MR) is 86.7 cm³/mol. The number of aryl methyl sites for hydroxylation is 2. The van der Waals surface area contributed by atoms with Crippen LogP contribution in [-0.4, -0.2) is 57.4 Å². The van der Waals surface area contributed by atoms with E-state index in [1.54, 1.807) is 0 Å². The third-order valence-corrected chi connectivity index (χ3v) is 3.98. The normalized spacial score (nSPS) is 16.1. The Labute approximate surface area is 130 Å². The number of piperazine rings is 1. The van der Waals surface area contributed by atoms with Gasteiger partial charge >= 0.3 is 0 Å². The number of hydrogen-bond acceptors (Lipinski definition) is 6. The topological polar surface area (TPSA) is 76.1 Å². The summed E-state index contributed by atoms with van der Waals surface area (Å²) in [6, 6.07) is 3.97. The number of nitrogen functional groups attached to an aromatic ring is 1. The van der Waals surface area contributed by atoms with E-state index in [2.05, 4.69) is 24.9 Å². The average molecular weight is 301 g/mol. The molecule has 3 rings (SSSR count). The van der Waals surface area contributed by atoms with E-state index < -0.39 is 0 Å². The van der Waals surface area contributed by atoms with Gasteiger partial charge in [0.05, 0.1) is 0 Å². The summed E-state index contributed by atoms with van der Waals surface area (Å²) in [5.74, 6) is 1.30. The van der Waals surface area contributed by atoms with Crippen molar-refractivity contribution in [1.82, 2.24) is 24.6 Å². The van der Waals surface area contributed by atoms with Crippen molar-refractivity contribution in [3.8, 4) is 0 Å². The molecule has 1 aliphatic heterocycles. The molecule has 0 saturated carbocycles. The molecule has 0 bridgehead atoms. The lowest BCUT2D eigenvalue weighted by Gasteiger charge is -2.35. The van der Waals surface area contributed by atoms with E-state index in [1.165, 1.54) is 0 Å². The van der Waals surface area contributed by atoms with Crippen molar-refractivity contribution in [1.29, 1.82) is 0 Å². The van der Waals surface area contributed by atoms with Crippen molar-refractivity contribution in [2.24, 2.45) is 0 Å². The van der Waals surface area contributed by atoms with E-state index in [4.69, 9.17) is 5.73 Å². The van der Waals surface area contributed by atoms with E-state index in [-0.39, 0.29) is 0 Å². The molecular weight excluding hydrogens is 278 g/mol. The smallest absolute Gasteiger partial charge is 0.222 e. The van der Waals surface area contributed by atoms with Gasteiger partial charge in [0, 0.05) is 63.4 Å². The molecule has 2 aromatic heterocycles. The molecule has 0 aromatic carbocycles. The van der Waals surface area contributed by atoms with Gasteiger partial charge in [-0.1, -0.05) is 0 Å². The van der Waals surface area contributed by atoms with E-state index in [1.807, 2.05) is 36.1 Å². The molecule has 3 heterocycles. The first kappa shape index (κ1) is 14.8. The van der Waals surface area contributed by atoms with Gasteiger partial charge in [-0.25, -0.2) is 4.98 Å². The molecule has 22 heavy (non-hydrogen) atoms. The summed E-state index contributed by atoms with van der Waals surface area (Å²) in [7, 11) is 0. The fraction of sp³-hybridized carbons (Fsp3) is 0.533. The van der Waals surface area contributed by atoms with Gasteiger partial charge < -0.3 is 10.6 Å². The third kappa shape index (κ3) is 3.73. The highest BCUT2D eigenvalue weighted by Gasteiger charge is 2.18. The van der Waals surface area contributed by atoms with Gasteiger partial charge in [-0.2, -0.15) is 10.1 Å². The first-order chi connectivity index (χ1) is 10.7. The molecule has 1 saturated heterocycles. The first-order valence-electron chi connectivity index (χ1n) is 7.76. The van der Waals surface area contributed by atoms with E-state index >= 15 is 0 Å². The zero-order valence-corrected chi connectivity index (χ0v) is 13.0. The van der Waals surface area contributed by atoms with Gasteiger partial charge in [-0.3, -0.25) is 9.58 Å². The molecule has 0 radical (unpaired) electrons. The van der Waals surface area contributed by atoms with E-state index in [0.717, 1.165) is 57.2 Å². The molecule has 7 nitrogen and oxygen atoms in total. The molecule has 0 amide bonds. The fourth-order valence-corrected chi connectivity index (χ4v) is 2.83. The average Bonchev–Trinajstić information content (AvgIpc) is 3.00. The van der Waals surface area contributed by atoms with Crippen molar-refractivity contribution >= 4 is 11.8 Å². The Bertz CT molecular complexity index is 568.